The molecule has 7 heteroatoms. The number of benzene rings is 1. The van der Waals surface area contributed by atoms with Gasteiger partial charge in [0.15, 0.2) is 0 Å². The SMILES string of the molecule is O=C(N[C@@H]1CCC[C@@H]1CO)c1ccc([N+](=O)[O-])c(Cl)c1. The van der Waals surface area contributed by atoms with Gasteiger partial charge in [-0.05, 0) is 25.0 Å². The molecule has 2 rings (SSSR count). The number of aliphatic hydroxyl groups excluding tert-OH is 1. The van der Waals surface area contributed by atoms with Crippen molar-refractivity contribution in [3.63, 3.8) is 0 Å². The number of halogens is 1. The van der Waals surface area contributed by atoms with E-state index in [0.29, 0.717) is 0 Å². The lowest BCUT2D eigenvalue weighted by Gasteiger charge is -2.19. The molecular formula is C13H15ClN2O4. The van der Waals surface area contributed by atoms with Gasteiger partial charge in [0.1, 0.15) is 5.02 Å². The Morgan fingerprint density at radius 2 is 2.25 bits per heavy atom. The molecule has 0 aromatic heterocycles. The first-order chi connectivity index (χ1) is 9.52. The summed E-state index contributed by atoms with van der Waals surface area (Å²) in [5.41, 5.74) is 0.0570. The zero-order valence-electron chi connectivity index (χ0n) is 10.7. The Balaban J connectivity index is 2.10. The van der Waals surface area contributed by atoms with Crippen LogP contribution in [-0.2, 0) is 0 Å². The van der Waals surface area contributed by atoms with Gasteiger partial charge in [0, 0.05) is 30.2 Å². The quantitative estimate of drug-likeness (QED) is 0.658. The minimum absolute atomic E-state index is 0.0476. The highest BCUT2D eigenvalue weighted by Gasteiger charge is 2.28. The Hall–Kier alpha value is -1.66. The molecular weight excluding hydrogens is 284 g/mol. The summed E-state index contributed by atoms with van der Waals surface area (Å²) in [6.07, 6.45) is 2.69. The number of hydrogen-bond acceptors (Lipinski definition) is 4. The van der Waals surface area contributed by atoms with Crippen LogP contribution >= 0.6 is 11.6 Å². The van der Waals surface area contributed by atoms with Gasteiger partial charge in [0.05, 0.1) is 4.92 Å². The lowest BCUT2D eigenvalue weighted by Crippen LogP contribution is -2.38. The lowest BCUT2D eigenvalue weighted by atomic mass is 10.0. The molecule has 0 saturated heterocycles. The predicted molar refractivity (Wildman–Crippen MR) is 73.8 cm³/mol. The summed E-state index contributed by atoms with van der Waals surface area (Å²) in [5.74, 6) is -0.250. The number of nitro groups is 1. The van der Waals surface area contributed by atoms with Crippen LogP contribution in [-0.4, -0.2) is 28.6 Å². The molecule has 1 aliphatic carbocycles. The summed E-state index contributed by atoms with van der Waals surface area (Å²) in [7, 11) is 0. The van der Waals surface area contributed by atoms with E-state index in [4.69, 9.17) is 11.6 Å². The first-order valence-corrected chi connectivity index (χ1v) is 6.76. The maximum Gasteiger partial charge on any atom is 0.287 e. The average molecular weight is 299 g/mol. The highest BCUT2D eigenvalue weighted by Crippen LogP contribution is 2.27. The van der Waals surface area contributed by atoms with Crippen molar-refractivity contribution in [1.82, 2.24) is 5.32 Å². The number of nitrogens with zero attached hydrogens (tertiary/aromatic N) is 1. The van der Waals surface area contributed by atoms with E-state index >= 15 is 0 Å². The zero-order chi connectivity index (χ0) is 14.7. The van der Waals surface area contributed by atoms with Crippen molar-refractivity contribution in [1.29, 1.82) is 0 Å². The zero-order valence-corrected chi connectivity index (χ0v) is 11.5. The van der Waals surface area contributed by atoms with Crippen molar-refractivity contribution in [2.75, 3.05) is 6.61 Å². The van der Waals surface area contributed by atoms with Gasteiger partial charge in [0.2, 0.25) is 0 Å². The van der Waals surface area contributed by atoms with Crippen molar-refractivity contribution in [2.24, 2.45) is 5.92 Å². The molecule has 6 nitrogen and oxygen atoms in total. The third-order valence-corrected chi connectivity index (χ3v) is 3.92. The Labute approximate surface area is 120 Å². The fraction of sp³-hybridized carbons (Fsp3) is 0.462. The van der Waals surface area contributed by atoms with Crippen LogP contribution in [0.3, 0.4) is 0 Å². The summed E-state index contributed by atoms with van der Waals surface area (Å²) in [6, 6.07) is 3.83. The molecule has 0 heterocycles. The normalized spacial score (nSPS) is 21.7. The number of hydrogen-bond donors (Lipinski definition) is 2. The van der Waals surface area contributed by atoms with Crippen LogP contribution in [0, 0.1) is 16.0 Å². The first-order valence-electron chi connectivity index (χ1n) is 6.38. The van der Waals surface area contributed by atoms with Crippen molar-refractivity contribution in [3.05, 3.63) is 38.9 Å². The number of aliphatic hydroxyl groups is 1. The highest BCUT2D eigenvalue weighted by atomic mass is 35.5. The molecule has 1 amide bonds. The number of nitro benzene ring substituents is 1. The minimum atomic E-state index is -0.594. The van der Waals surface area contributed by atoms with E-state index in [-0.39, 0.29) is 40.7 Å². The van der Waals surface area contributed by atoms with E-state index in [0.717, 1.165) is 19.3 Å². The van der Waals surface area contributed by atoms with Crippen molar-refractivity contribution >= 4 is 23.2 Å². The molecule has 2 atom stereocenters. The van der Waals surface area contributed by atoms with Crippen molar-refractivity contribution < 1.29 is 14.8 Å². The van der Waals surface area contributed by atoms with Crippen LogP contribution in [0.25, 0.3) is 0 Å². The van der Waals surface area contributed by atoms with E-state index in [1.54, 1.807) is 0 Å². The number of carbonyl (C=O) groups is 1. The number of nitrogens with one attached hydrogen (secondary N) is 1. The lowest BCUT2D eigenvalue weighted by molar-refractivity contribution is -0.384. The summed E-state index contributed by atoms with van der Waals surface area (Å²) < 4.78 is 0. The Kier molecular flexibility index (Phi) is 4.57. The molecule has 0 spiro atoms. The molecule has 0 bridgehead atoms. The minimum Gasteiger partial charge on any atom is -0.396 e. The molecule has 1 aliphatic rings. The predicted octanol–water partition coefficient (Wildman–Crippen LogP) is 2.14. The van der Waals surface area contributed by atoms with Gasteiger partial charge in [-0.2, -0.15) is 0 Å². The fourth-order valence-electron chi connectivity index (χ4n) is 2.49. The van der Waals surface area contributed by atoms with E-state index in [1.165, 1.54) is 18.2 Å². The molecule has 108 valence electrons. The summed E-state index contributed by atoms with van der Waals surface area (Å²) >= 11 is 5.78. The van der Waals surface area contributed by atoms with Gasteiger partial charge < -0.3 is 10.4 Å². The highest BCUT2D eigenvalue weighted by molar-refractivity contribution is 6.33. The topological polar surface area (TPSA) is 92.5 Å². The summed E-state index contributed by atoms with van der Waals surface area (Å²) in [5, 5.41) is 22.7. The second-order valence-electron chi connectivity index (χ2n) is 4.88. The van der Waals surface area contributed by atoms with Gasteiger partial charge in [-0.1, -0.05) is 18.0 Å². The van der Waals surface area contributed by atoms with Crippen LogP contribution < -0.4 is 5.32 Å². The summed E-state index contributed by atoms with van der Waals surface area (Å²) in [4.78, 5) is 22.1. The third-order valence-electron chi connectivity index (χ3n) is 3.62. The molecule has 1 saturated carbocycles. The molecule has 1 fully saturated rings. The van der Waals surface area contributed by atoms with Gasteiger partial charge >= 0.3 is 0 Å². The maximum atomic E-state index is 12.1. The van der Waals surface area contributed by atoms with Crippen LogP contribution in [0.2, 0.25) is 5.02 Å². The Morgan fingerprint density at radius 3 is 2.85 bits per heavy atom. The van der Waals surface area contributed by atoms with E-state index in [1.807, 2.05) is 0 Å². The monoisotopic (exact) mass is 298 g/mol. The van der Waals surface area contributed by atoms with Gasteiger partial charge in [-0.3, -0.25) is 14.9 Å². The van der Waals surface area contributed by atoms with Gasteiger partial charge in [-0.25, -0.2) is 0 Å². The second-order valence-corrected chi connectivity index (χ2v) is 5.28. The van der Waals surface area contributed by atoms with Crippen LogP contribution in [0.4, 0.5) is 5.69 Å². The third kappa shape index (κ3) is 3.08. The van der Waals surface area contributed by atoms with Crippen molar-refractivity contribution in [3.8, 4) is 0 Å². The smallest absolute Gasteiger partial charge is 0.287 e. The average Bonchev–Trinajstić information content (AvgIpc) is 2.85. The molecule has 1 aromatic rings. The largest absolute Gasteiger partial charge is 0.396 e. The standard InChI is InChI=1S/C13H15ClN2O4/c14-10-6-8(4-5-12(10)16(19)20)13(18)15-11-3-1-2-9(11)7-17/h4-6,9,11,17H,1-3,7H2,(H,15,18)/t9-,11-/m1/s1. The Morgan fingerprint density at radius 1 is 1.50 bits per heavy atom. The summed E-state index contributed by atoms with van der Waals surface area (Å²) in [6.45, 7) is 0.0476. The number of amides is 1. The van der Waals surface area contributed by atoms with Crippen molar-refractivity contribution in [2.45, 2.75) is 25.3 Å². The first kappa shape index (κ1) is 14.7. The molecule has 1 aromatic carbocycles. The molecule has 2 N–H and O–H groups in total. The van der Waals surface area contributed by atoms with Crippen LogP contribution in [0.5, 0.6) is 0 Å². The molecule has 20 heavy (non-hydrogen) atoms. The number of rotatable bonds is 4. The van der Waals surface area contributed by atoms with E-state index in [2.05, 4.69) is 5.32 Å². The van der Waals surface area contributed by atoms with Crippen LogP contribution in [0.1, 0.15) is 29.6 Å². The molecule has 0 unspecified atom stereocenters. The maximum absolute atomic E-state index is 12.1. The Bertz CT molecular complexity index is 535. The fourth-order valence-corrected chi connectivity index (χ4v) is 2.74. The molecule has 0 aliphatic heterocycles. The second kappa shape index (κ2) is 6.19. The molecule has 0 radical (unpaired) electrons. The van der Waals surface area contributed by atoms with Crippen LogP contribution in [0.15, 0.2) is 18.2 Å². The number of carbonyl (C=O) groups excluding carboxylic acids is 1. The van der Waals surface area contributed by atoms with E-state index in [9.17, 15) is 20.0 Å². The van der Waals surface area contributed by atoms with E-state index < -0.39 is 4.92 Å². The van der Waals surface area contributed by atoms with Gasteiger partial charge in [0.25, 0.3) is 11.6 Å². The van der Waals surface area contributed by atoms with Gasteiger partial charge in [-0.15, -0.1) is 0 Å².